The zero-order valence-corrected chi connectivity index (χ0v) is 26.5. The number of carbonyl (C=O) groups excluding carboxylic acids is 1. The number of aromatic nitrogens is 4. The minimum absolute atomic E-state index is 0.250. The number of allylic oxidation sites excluding steroid dienone is 1. The molecule has 1 atom stereocenters. The van der Waals surface area contributed by atoms with Crippen LogP contribution in [0, 0.1) is 34.6 Å². The molecule has 1 aliphatic rings. The number of anilines is 2. The molecule has 1 aromatic heterocycles. The number of benzene rings is 3. The van der Waals surface area contributed by atoms with Gasteiger partial charge in [0, 0.05) is 11.4 Å². The Kier molecular flexibility index (Phi) is 8.36. The lowest BCUT2D eigenvalue weighted by Gasteiger charge is -2.29. The first kappa shape index (κ1) is 29.3. The second kappa shape index (κ2) is 12.0. The van der Waals surface area contributed by atoms with Crippen LogP contribution in [-0.4, -0.2) is 32.7 Å². The third kappa shape index (κ3) is 5.63. The molecule has 218 valence electrons. The van der Waals surface area contributed by atoms with Gasteiger partial charge in [-0.15, -0.1) is 0 Å². The van der Waals surface area contributed by atoms with E-state index in [1.165, 1.54) is 16.7 Å². The van der Waals surface area contributed by atoms with Gasteiger partial charge in [-0.3, -0.25) is 4.79 Å². The van der Waals surface area contributed by atoms with Gasteiger partial charge in [-0.2, -0.15) is 4.68 Å². The summed E-state index contributed by atoms with van der Waals surface area (Å²) in [7, 11) is 0. The first-order chi connectivity index (χ1) is 20.1. The number of nitrogens with one attached hydrogen (secondary N) is 2. The average Bonchev–Trinajstić information content (AvgIpc) is 3.40. The minimum Gasteiger partial charge on any atom is -0.490 e. The summed E-state index contributed by atoms with van der Waals surface area (Å²) in [5.74, 6) is 1.34. The summed E-state index contributed by atoms with van der Waals surface area (Å²) < 4.78 is 14.7. The van der Waals surface area contributed by atoms with Crippen molar-refractivity contribution in [2.75, 3.05) is 17.2 Å². The molecule has 0 aliphatic carbocycles. The Morgan fingerprint density at radius 3 is 2.52 bits per heavy atom. The summed E-state index contributed by atoms with van der Waals surface area (Å²) in [6, 6.07) is 13.4. The Morgan fingerprint density at radius 1 is 1.00 bits per heavy atom. The summed E-state index contributed by atoms with van der Waals surface area (Å²) in [5, 5.41) is 18.5. The maximum Gasteiger partial charge on any atom is 0.255 e. The highest BCUT2D eigenvalue weighted by Gasteiger charge is 2.35. The number of aryl methyl sites for hydroxylation is 4. The standard InChI is InChI=1S/C32H35BrN6O3/c1-8-41-27-15-23(14-25(33)30(27)42-16-24-13-19(4)18(3)12-20(24)5)29-28(22(7)34-32-36-37-38-39(29)32)31(40)35-26-11-9-10-17(2)21(26)6/h9-15,29H,8,16H2,1-7H3,(H,35,40)(H,34,36,38). The molecule has 5 rings (SSSR count). The number of hydrogen-bond donors (Lipinski definition) is 2. The molecule has 0 saturated heterocycles. The Morgan fingerprint density at radius 2 is 1.76 bits per heavy atom. The van der Waals surface area contributed by atoms with E-state index in [0.717, 1.165) is 27.9 Å². The smallest absolute Gasteiger partial charge is 0.255 e. The molecule has 9 nitrogen and oxygen atoms in total. The van der Waals surface area contributed by atoms with Crippen LogP contribution in [0.5, 0.6) is 11.5 Å². The van der Waals surface area contributed by atoms with Crippen LogP contribution in [0.25, 0.3) is 0 Å². The van der Waals surface area contributed by atoms with Crippen molar-refractivity contribution in [3.8, 4) is 11.5 Å². The molecule has 1 amide bonds. The lowest BCUT2D eigenvalue weighted by molar-refractivity contribution is -0.113. The van der Waals surface area contributed by atoms with Gasteiger partial charge >= 0.3 is 0 Å². The quantitative estimate of drug-likeness (QED) is 0.219. The molecule has 0 saturated carbocycles. The number of halogens is 1. The molecule has 0 bridgehead atoms. The Labute approximate surface area is 254 Å². The van der Waals surface area contributed by atoms with E-state index in [4.69, 9.17) is 9.47 Å². The number of amides is 1. The molecule has 2 N–H and O–H groups in total. The van der Waals surface area contributed by atoms with Crippen LogP contribution < -0.4 is 20.1 Å². The normalized spacial score (nSPS) is 14.3. The van der Waals surface area contributed by atoms with Gasteiger partial charge in [-0.05, 0) is 132 Å². The van der Waals surface area contributed by atoms with Crippen molar-refractivity contribution in [2.45, 2.75) is 61.1 Å². The van der Waals surface area contributed by atoms with Crippen LogP contribution in [0.3, 0.4) is 0 Å². The fraction of sp³-hybridized carbons (Fsp3) is 0.312. The van der Waals surface area contributed by atoms with Gasteiger partial charge < -0.3 is 20.1 Å². The average molecular weight is 632 g/mol. The number of ether oxygens (including phenoxy) is 2. The maximum atomic E-state index is 13.9. The molecule has 1 aliphatic heterocycles. The monoisotopic (exact) mass is 630 g/mol. The molecule has 0 radical (unpaired) electrons. The first-order valence-electron chi connectivity index (χ1n) is 13.9. The highest BCUT2D eigenvalue weighted by molar-refractivity contribution is 9.10. The van der Waals surface area contributed by atoms with E-state index in [0.29, 0.717) is 46.4 Å². The fourth-order valence-corrected chi connectivity index (χ4v) is 5.74. The predicted octanol–water partition coefficient (Wildman–Crippen LogP) is 6.88. The topological polar surface area (TPSA) is 103 Å². The number of tetrazole rings is 1. The Bertz CT molecular complexity index is 1710. The van der Waals surface area contributed by atoms with E-state index in [2.05, 4.69) is 75.0 Å². The van der Waals surface area contributed by atoms with Crippen LogP contribution in [0.1, 0.15) is 58.8 Å². The van der Waals surface area contributed by atoms with Gasteiger partial charge in [0.1, 0.15) is 12.6 Å². The highest BCUT2D eigenvalue weighted by Crippen LogP contribution is 2.43. The molecule has 42 heavy (non-hydrogen) atoms. The van der Waals surface area contributed by atoms with Crippen molar-refractivity contribution in [3.63, 3.8) is 0 Å². The van der Waals surface area contributed by atoms with Crippen LogP contribution in [0.4, 0.5) is 11.6 Å². The number of fused-ring (bicyclic) bond motifs is 1. The number of hydrogen-bond acceptors (Lipinski definition) is 7. The molecular weight excluding hydrogens is 596 g/mol. The number of nitrogens with zero attached hydrogens (tertiary/aromatic N) is 4. The molecule has 2 heterocycles. The van der Waals surface area contributed by atoms with E-state index in [1.54, 1.807) is 4.68 Å². The molecule has 10 heteroatoms. The van der Waals surface area contributed by atoms with Gasteiger partial charge in [0.15, 0.2) is 11.5 Å². The Hall–Kier alpha value is -4.18. The number of carbonyl (C=O) groups is 1. The van der Waals surface area contributed by atoms with Crippen LogP contribution in [0.2, 0.25) is 0 Å². The second-order valence-corrected chi connectivity index (χ2v) is 11.5. The van der Waals surface area contributed by atoms with Crippen LogP contribution in [-0.2, 0) is 11.4 Å². The van der Waals surface area contributed by atoms with Crippen molar-refractivity contribution < 1.29 is 14.3 Å². The molecule has 4 aromatic rings. The van der Waals surface area contributed by atoms with E-state index in [-0.39, 0.29) is 5.91 Å². The highest BCUT2D eigenvalue weighted by atomic mass is 79.9. The SMILES string of the molecule is CCOc1cc(C2C(C(=O)Nc3cccc(C)c3C)=C(C)Nc3nnnn32)cc(Br)c1OCc1cc(C)c(C)cc1C. The van der Waals surface area contributed by atoms with Gasteiger partial charge in [-0.25, -0.2) is 0 Å². The fourth-order valence-electron chi connectivity index (χ4n) is 5.17. The predicted molar refractivity (Wildman–Crippen MR) is 167 cm³/mol. The largest absolute Gasteiger partial charge is 0.490 e. The zero-order valence-electron chi connectivity index (χ0n) is 24.9. The molecule has 0 fully saturated rings. The van der Waals surface area contributed by atoms with Gasteiger partial charge in [0.2, 0.25) is 5.95 Å². The van der Waals surface area contributed by atoms with Crippen LogP contribution in [0.15, 0.2) is 58.2 Å². The maximum absolute atomic E-state index is 13.9. The minimum atomic E-state index is -0.618. The number of rotatable bonds is 8. The van der Waals surface area contributed by atoms with E-state index >= 15 is 0 Å². The van der Waals surface area contributed by atoms with Gasteiger partial charge in [0.05, 0.1) is 16.7 Å². The summed E-state index contributed by atoms with van der Waals surface area (Å²) in [4.78, 5) is 13.9. The van der Waals surface area contributed by atoms with Crippen molar-refractivity contribution in [1.29, 1.82) is 0 Å². The first-order valence-corrected chi connectivity index (χ1v) is 14.7. The lowest BCUT2D eigenvalue weighted by atomic mass is 9.94. The lowest BCUT2D eigenvalue weighted by Crippen LogP contribution is -2.31. The third-order valence-corrected chi connectivity index (χ3v) is 8.37. The van der Waals surface area contributed by atoms with Gasteiger partial charge in [0.25, 0.3) is 5.91 Å². The second-order valence-electron chi connectivity index (χ2n) is 10.6. The summed E-state index contributed by atoms with van der Waals surface area (Å²) in [5.41, 5.74) is 9.52. The molecule has 1 unspecified atom stereocenters. The van der Waals surface area contributed by atoms with E-state index in [1.807, 2.05) is 58.0 Å². The van der Waals surface area contributed by atoms with Crippen LogP contribution >= 0.6 is 15.9 Å². The Balaban J connectivity index is 1.54. The zero-order chi connectivity index (χ0) is 30.1. The van der Waals surface area contributed by atoms with Gasteiger partial charge in [-0.1, -0.05) is 29.4 Å². The van der Waals surface area contributed by atoms with Crippen molar-refractivity contribution in [2.24, 2.45) is 0 Å². The molecular formula is C32H35BrN6O3. The third-order valence-electron chi connectivity index (χ3n) is 7.78. The summed E-state index contributed by atoms with van der Waals surface area (Å²) in [6.45, 7) is 14.9. The van der Waals surface area contributed by atoms with Crippen molar-refractivity contribution >= 4 is 33.5 Å². The van der Waals surface area contributed by atoms with E-state index in [9.17, 15) is 4.79 Å². The van der Waals surface area contributed by atoms with Crippen molar-refractivity contribution in [1.82, 2.24) is 20.2 Å². The molecule has 0 spiro atoms. The summed E-state index contributed by atoms with van der Waals surface area (Å²) >= 11 is 3.73. The summed E-state index contributed by atoms with van der Waals surface area (Å²) in [6.07, 6.45) is 0. The van der Waals surface area contributed by atoms with E-state index < -0.39 is 6.04 Å². The molecule has 3 aromatic carbocycles. The van der Waals surface area contributed by atoms with Crippen molar-refractivity contribution in [3.05, 3.63) is 97.2 Å².